The number of H-pyrrole nitrogens is 1. The van der Waals surface area contributed by atoms with Crippen LogP contribution in [-0.4, -0.2) is 39.5 Å². The third kappa shape index (κ3) is 4.98. The van der Waals surface area contributed by atoms with E-state index in [1.807, 2.05) is 6.07 Å². The minimum atomic E-state index is -0.572. The van der Waals surface area contributed by atoms with Crippen molar-refractivity contribution in [3.63, 3.8) is 0 Å². The number of thioether (sulfide) groups is 1. The third-order valence-electron chi connectivity index (χ3n) is 9.84. The Morgan fingerprint density at radius 3 is 2.46 bits per heavy atom. The molecule has 3 heterocycles. The van der Waals surface area contributed by atoms with Crippen LogP contribution in [0.2, 0.25) is 0 Å². The molecule has 3 amide bonds. The highest BCUT2D eigenvalue weighted by Gasteiger charge is 2.70. The first-order chi connectivity index (χ1) is 23.1. The standard InChI is InChI=1S/C33H24BrFN4O7S2/c34-14-1-10-22(46-13-23(40)36-16-4-2-15(35)3-5-16)19(11-14)24-25-20-12-21(28(25)47-30-29(24)48-33(43)37-30)27-26(20)31(41)38(32(27)42)17-6-8-18(9-7-17)39(44)45/h1-11,20-21,24-28H,12-13H2,(H,36,40)(H,37,43)/t20?,21?,24-,25?,26?,27?,28?/m1/s1. The molecule has 244 valence electrons. The van der Waals surface area contributed by atoms with Crippen molar-refractivity contribution in [2.75, 3.05) is 16.8 Å². The zero-order valence-electron chi connectivity index (χ0n) is 24.6. The Morgan fingerprint density at radius 2 is 1.75 bits per heavy atom. The number of nitro groups is 1. The number of fused-ring (bicyclic) bond motifs is 9. The molecule has 4 aromatic rings. The van der Waals surface area contributed by atoms with E-state index >= 15 is 0 Å². The monoisotopic (exact) mass is 750 g/mol. The number of amides is 3. The maximum Gasteiger partial charge on any atom is 0.305 e. The number of carbonyl (C=O) groups is 3. The first-order valence-corrected chi connectivity index (χ1v) is 17.6. The Kier molecular flexibility index (Phi) is 7.53. The second-order valence-corrected chi connectivity index (χ2v) is 15.4. The van der Waals surface area contributed by atoms with Crippen LogP contribution in [0, 0.1) is 45.5 Å². The lowest BCUT2D eigenvalue weighted by molar-refractivity contribution is -0.384. The number of hydrogen-bond donors (Lipinski definition) is 2. The fourth-order valence-electron chi connectivity index (χ4n) is 8.11. The number of rotatable bonds is 7. The second-order valence-electron chi connectivity index (χ2n) is 12.3. The van der Waals surface area contributed by atoms with Crippen LogP contribution in [0.3, 0.4) is 0 Å². The van der Waals surface area contributed by atoms with Crippen LogP contribution in [0.15, 0.2) is 81.0 Å². The number of thiazole rings is 1. The number of aromatic amines is 1. The summed E-state index contributed by atoms with van der Waals surface area (Å²) in [7, 11) is 0. The predicted octanol–water partition coefficient (Wildman–Crippen LogP) is 5.94. The van der Waals surface area contributed by atoms with Crippen LogP contribution in [0.5, 0.6) is 5.75 Å². The van der Waals surface area contributed by atoms with Crippen LogP contribution >= 0.6 is 39.0 Å². The van der Waals surface area contributed by atoms with Crippen LogP contribution in [-0.2, 0) is 14.4 Å². The van der Waals surface area contributed by atoms with Crippen molar-refractivity contribution >= 4 is 73.8 Å². The molecule has 2 saturated carbocycles. The lowest BCUT2D eigenvalue weighted by Crippen LogP contribution is -2.42. The number of non-ortho nitro benzene ring substituents is 1. The minimum absolute atomic E-state index is 0.0823. The molecule has 11 nitrogen and oxygen atoms in total. The molecule has 2 N–H and O–H groups in total. The molecule has 3 fully saturated rings. The molecule has 15 heteroatoms. The molecule has 8 rings (SSSR count). The van der Waals surface area contributed by atoms with Gasteiger partial charge >= 0.3 is 4.87 Å². The Hall–Kier alpha value is -4.34. The van der Waals surface area contributed by atoms with E-state index in [9.17, 15) is 33.7 Å². The van der Waals surface area contributed by atoms with Crippen molar-refractivity contribution < 1.29 is 28.4 Å². The van der Waals surface area contributed by atoms with Crippen molar-refractivity contribution in [1.29, 1.82) is 0 Å². The molecule has 4 aliphatic rings. The van der Waals surface area contributed by atoms with Gasteiger partial charge in [0.2, 0.25) is 11.8 Å². The molecule has 1 aromatic heterocycles. The number of imide groups is 1. The van der Waals surface area contributed by atoms with E-state index < -0.39 is 28.5 Å². The number of carbonyl (C=O) groups excluding carboxylic acids is 3. The van der Waals surface area contributed by atoms with Crippen molar-refractivity contribution in [2.45, 2.75) is 22.6 Å². The van der Waals surface area contributed by atoms with Crippen molar-refractivity contribution in [1.82, 2.24) is 4.98 Å². The fourth-order valence-corrected chi connectivity index (χ4v) is 11.4. The van der Waals surface area contributed by atoms with E-state index in [0.717, 1.165) is 31.3 Å². The smallest absolute Gasteiger partial charge is 0.305 e. The summed E-state index contributed by atoms with van der Waals surface area (Å²) < 4.78 is 20.2. The topological polar surface area (TPSA) is 152 Å². The first-order valence-electron chi connectivity index (χ1n) is 15.1. The number of anilines is 2. The molecule has 3 aromatic carbocycles. The number of benzene rings is 3. The number of ether oxygens (including phenoxy) is 1. The van der Waals surface area contributed by atoms with Gasteiger partial charge in [-0.05, 0) is 78.8 Å². The normalized spacial score (nSPS) is 26.6. The molecule has 6 unspecified atom stereocenters. The molecule has 2 aliphatic carbocycles. The van der Waals surface area contributed by atoms with Gasteiger partial charge in [0.05, 0.1) is 27.5 Å². The number of halogens is 2. The summed E-state index contributed by atoms with van der Waals surface area (Å²) in [5.41, 5.74) is 1.34. The van der Waals surface area contributed by atoms with Crippen molar-refractivity contribution in [3.8, 4) is 5.75 Å². The average Bonchev–Trinajstić information content (AvgIpc) is 3.80. The van der Waals surface area contributed by atoms with Gasteiger partial charge in [-0.3, -0.25) is 34.2 Å². The largest absolute Gasteiger partial charge is 0.483 e. The summed E-state index contributed by atoms with van der Waals surface area (Å²) in [5, 5.41) is 14.5. The highest BCUT2D eigenvalue weighted by Crippen LogP contribution is 2.69. The molecule has 0 radical (unpaired) electrons. The molecule has 48 heavy (non-hydrogen) atoms. The van der Waals surface area contributed by atoms with E-state index in [1.54, 1.807) is 23.9 Å². The van der Waals surface area contributed by atoms with Crippen molar-refractivity contribution in [3.05, 3.63) is 107 Å². The Bertz CT molecular complexity index is 2070. The highest BCUT2D eigenvalue weighted by atomic mass is 79.9. The summed E-state index contributed by atoms with van der Waals surface area (Å²) in [6.45, 7) is -0.328. The maximum absolute atomic E-state index is 14.1. The summed E-state index contributed by atoms with van der Waals surface area (Å²) in [6.07, 6.45) is 0.670. The Morgan fingerprint density at radius 1 is 1.04 bits per heavy atom. The fraction of sp³-hybridized carbons (Fsp3) is 0.273. The van der Waals surface area contributed by atoms with Gasteiger partial charge in [0.15, 0.2) is 6.61 Å². The minimum Gasteiger partial charge on any atom is -0.483 e. The summed E-state index contributed by atoms with van der Waals surface area (Å²) in [4.78, 5) is 68.9. The molecule has 1 saturated heterocycles. The number of nitrogens with one attached hydrogen (secondary N) is 2. The van der Waals surface area contributed by atoms with Gasteiger partial charge in [0, 0.05) is 43.9 Å². The lowest BCUT2D eigenvalue weighted by atomic mass is 9.68. The van der Waals surface area contributed by atoms with E-state index in [0.29, 0.717) is 23.5 Å². The van der Waals surface area contributed by atoms with E-state index in [1.165, 1.54) is 53.4 Å². The SMILES string of the molecule is O=C(COc1ccc(Br)cc1[C@H]1c2sc(=O)[nH]c2SC2C3CC(C4C(=O)N(c5ccc([N+](=O)[O-])cc5)C(=O)C34)C21)Nc1ccc(F)cc1. The predicted molar refractivity (Wildman–Crippen MR) is 179 cm³/mol. The quantitative estimate of drug-likeness (QED) is 0.134. The summed E-state index contributed by atoms with van der Waals surface area (Å²) in [5.74, 6) is -2.95. The number of nitrogens with zero attached hydrogens (tertiary/aromatic N) is 2. The molecule has 7 atom stereocenters. The van der Waals surface area contributed by atoms with Crippen LogP contribution in [0.1, 0.15) is 22.8 Å². The first kappa shape index (κ1) is 31.0. The zero-order chi connectivity index (χ0) is 33.4. The summed E-state index contributed by atoms with van der Waals surface area (Å²) in [6, 6.07) is 16.3. The molecule has 0 spiro atoms. The number of hydrogen-bond acceptors (Lipinski definition) is 9. The van der Waals surface area contributed by atoms with E-state index in [2.05, 4.69) is 26.2 Å². The second kappa shape index (κ2) is 11.7. The van der Waals surface area contributed by atoms with Gasteiger partial charge in [-0.25, -0.2) is 4.39 Å². The Balaban J connectivity index is 1.13. The Labute approximate surface area is 288 Å². The van der Waals surface area contributed by atoms with Gasteiger partial charge in [0.1, 0.15) is 11.6 Å². The maximum atomic E-state index is 14.1. The van der Waals surface area contributed by atoms with Gasteiger partial charge in [-0.1, -0.05) is 27.3 Å². The third-order valence-corrected chi connectivity index (χ3v) is 12.9. The molecular weight excluding hydrogens is 727 g/mol. The molecular formula is C33H24BrFN4O7S2. The van der Waals surface area contributed by atoms with Crippen LogP contribution < -0.4 is 19.8 Å². The van der Waals surface area contributed by atoms with E-state index in [-0.39, 0.29) is 57.9 Å². The molecule has 2 bridgehead atoms. The van der Waals surface area contributed by atoms with Gasteiger partial charge in [-0.15, -0.1) is 11.8 Å². The lowest BCUT2D eigenvalue weighted by Gasteiger charge is -2.43. The van der Waals surface area contributed by atoms with Gasteiger partial charge in [0.25, 0.3) is 11.6 Å². The van der Waals surface area contributed by atoms with Crippen LogP contribution in [0.4, 0.5) is 21.5 Å². The highest BCUT2D eigenvalue weighted by molar-refractivity contribution is 9.10. The van der Waals surface area contributed by atoms with Gasteiger partial charge in [-0.2, -0.15) is 0 Å². The number of aromatic nitrogens is 1. The van der Waals surface area contributed by atoms with Crippen LogP contribution in [0.25, 0.3) is 0 Å². The van der Waals surface area contributed by atoms with Gasteiger partial charge < -0.3 is 15.0 Å². The number of nitro benzene ring substituents is 1. The van der Waals surface area contributed by atoms with E-state index in [4.69, 9.17) is 4.74 Å². The summed E-state index contributed by atoms with van der Waals surface area (Å²) >= 11 is 6.24. The van der Waals surface area contributed by atoms with Crippen molar-refractivity contribution in [2.24, 2.45) is 29.6 Å². The molecule has 2 aliphatic heterocycles. The zero-order valence-corrected chi connectivity index (χ0v) is 27.9. The average molecular weight is 752 g/mol.